The average Bonchev–Trinajstić information content (AvgIpc) is 2.67. The van der Waals surface area contributed by atoms with Crippen LogP contribution in [-0.2, 0) is 5.41 Å². The van der Waals surface area contributed by atoms with E-state index in [-0.39, 0.29) is 5.41 Å². The van der Waals surface area contributed by atoms with Crippen molar-refractivity contribution in [1.29, 1.82) is 0 Å². The van der Waals surface area contributed by atoms with Crippen LogP contribution in [0.3, 0.4) is 0 Å². The Hall–Kier alpha value is -3.13. The van der Waals surface area contributed by atoms with Gasteiger partial charge in [0.05, 0.1) is 5.69 Å². The molecule has 0 fully saturated rings. The first-order valence-electron chi connectivity index (χ1n) is 8.91. The first-order chi connectivity index (χ1) is 12.7. The van der Waals surface area contributed by atoms with Crippen LogP contribution < -0.4 is 4.74 Å². The molecular formula is C24H19NO. The van der Waals surface area contributed by atoms with Gasteiger partial charge in [0.25, 0.3) is 0 Å². The summed E-state index contributed by atoms with van der Waals surface area (Å²) in [4.78, 5) is 4.75. The van der Waals surface area contributed by atoms with Gasteiger partial charge >= 0.3 is 0 Å². The predicted octanol–water partition coefficient (Wildman–Crippen LogP) is 6.33. The molecule has 4 aromatic rings. The summed E-state index contributed by atoms with van der Waals surface area (Å²) in [6.45, 7) is 4.53. The van der Waals surface area contributed by atoms with Gasteiger partial charge in [-0.2, -0.15) is 0 Å². The molecule has 0 aliphatic carbocycles. The molecule has 0 atom stereocenters. The number of nitrogens with zero attached hydrogens (tertiary/aromatic N) is 1. The van der Waals surface area contributed by atoms with Crippen LogP contribution in [0.25, 0.3) is 22.0 Å². The number of hydrogen-bond acceptors (Lipinski definition) is 2. The van der Waals surface area contributed by atoms with Crippen molar-refractivity contribution in [2.45, 2.75) is 19.3 Å². The van der Waals surface area contributed by atoms with Crippen molar-refractivity contribution in [3.63, 3.8) is 0 Å². The molecular weight excluding hydrogens is 318 g/mol. The molecule has 5 rings (SSSR count). The minimum atomic E-state index is -0.167. The molecule has 0 radical (unpaired) electrons. The monoisotopic (exact) mass is 337 g/mol. The van der Waals surface area contributed by atoms with Crippen LogP contribution in [0, 0.1) is 0 Å². The Kier molecular flexibility index (Phi) is 3.17. The zero-order valence-electron chi connectivity index (χ0n) is 14.9. The average molecular weight is 337 g/mol. The molecule has 0 unspecified atom stereocenters. The normalized spacial score (nSPS) is 14.4. The Bertz CT molecular complexity index is 1140. The second-order valence-corrected chi connectivity index (χ2v) is 7.28. The molecule has 2 nitrogen and oxygen atoms in total. The first kappa shape index (κ1) is 15.2. The minimum absolute atomic E-state index is 0.167. The highest BCUT2D eigenvalue weighted by atomic mass is 16.5. The second kappa shape index (κ2) is 5.43. The fourth-order valence-electron chi connectivity index (χ4n) is 4.12. The van der Waals surface area contributed by atoms with Crippen molar-refractivity contribution < 1.29 is 4.74 Å². The van der Waals surface area contributed by atoms with E-state index < -0.39 is 0 Å². The van der Waals surface area contributed by atoms with Crippen LogP contribution in [0.15, 0.2) is 79.0 Å². The van der Waals surface area contributed by atoms with E-state index in [2.05, 4.69) is 74.5 Å². The van der Waals surface area contributed by atoms with Crippen LogP contribution in [-0.4, -0.2) is 4.98 Å². The molecule has 3 aromatic carbocycles. The van der Waals surface area contributed by atoms with Gasteiger partial charge in [-0.25, -0.2) is 0 Å². The zero-order chi connectivity index (χ0) is 17.7. The highest BCUT2D eigenvalue weighted by Crippen LogP contribution is 2.51. The fraction of sp³-hybridized carbons (Fsp3) is 0.125. The lowest BCUT2D eigenvalue weighted by molar-refractivity contribution is 0.419. The van der Waals surface area contributed by atoms with Gasteiger partial charge in [0.2, 0.25) is 0 Å². The Labute approximate surface area is 153 Å². The van der Waals surface area contributed by atoms with E-state index in [1.807, 2.05) is 18.3 Å². The SMILES string of the molecule is CC1(C)c2ccccc2Oc2cccc(-c3nccc4ccccc34)c21. The Morgan fingerprint density at radius 2 is 1.54 bits per heavy atom. The molecule has 1 aliphatic heterocycles. The van der Waals surface area contributed by atoms with Gasteiger partial charge in [-0.3, -0.25) is 4.98 Å². The molecule has 0 bridgehead atoms. The van der Waals surface area contributed by atoms with Crippen molar-refractivity contribution in [1.82, 2.24) is 4.98 Å². The van der Waals surface area contributed by atoms with Crippen LogP contribution in [0.1, 0.15) is 25.0 Å². The number of hydrogen-bond donors (Lipinski definition) is 0. The van der Waals surface area contributed by atoms with E-state index in [1.54, 1.807) is 0 Å². The van der Waals surface area contributed by atoms with E-state index in [1.165, 1.54) is 16.5 Å². The molecule has 2 heteroatoms. The van der Waals surface area contributed by atoms with Gasteiger partial charge in [0, 0.05) is 33.7 Å². The number of ether oxygens (including phenoxy) is 1. The summed E-state index contributed by atoms with van der Waals surface area (Å²) in [6, 6.07) is 25.0. The molecule has 126 valence electrons. The third-order valence-corrected chi connectivity index (χ3v) is 5.36. The van der Waals surface area contributed by atoms with E-state index in [0.29, 0.717) is 0 Å². The van der Waals surface area contributed by atoms with E-state index in [4.69, 9.17) is 9.72 Å². The van der Waals surface area contributed by atoms with Crippen molar-refractivity contribution in [2.75, 3.05) is 0 Å². The number of pyridine rings is 1. The minimum Gasteiger partial charge on any atom is -0.457 e. The summed E-state index contributed by atoms with van der Waals surface area (Å²) in [5.74, 6) is 1.86. The highest BCUT2D eigenvalue weighted by Gasteiger charge is 2.36. The molecule has 0 saturated heterocycles. The molecule has 1 aliphatic rings. The number of para-hydroxylation sites is 1. The maximum Gasteiger partial charge on any atom is 0.132 e. The maximum atomic E-state index is 6.26. The van der Waals surface area contributed by atoms with Crippen LogP contribution in [0.2, 0.25) is 0 Å². The van der Waals surface area contributed by atoms with Crippen molar-refractivity contribution in [3.8, 4) is 22.8 Å². The zero-order valence-corrected chi connectivity index (χ0v) is 14.9. The van der Waals surface area contributed by atoms with Gasteiger partial charge in [-0.1, -0.05) is 68.4 Å². The first-order valence-corrected chi connectivity index (χ1v) is 8.91. The summed E-state index contributed by atoms with van der Waals surface area (Å²) in [5, 5.41) is 2.36. The molecule has 0 amide bonds. The van der Waals surface area contributed by atoms with Gasteiger partial charge in [-0.05, 0) is 23.6 Å². The summed E-state index contributed by atoms with van der Waals surface area (Å²) in [7, 11) is 0. The Morgan fingerprint density at radius 3 is 2.46 bits per heavy atom. The van der Waals surface area contributed by atoms with E-state index in [9.17, 15) is 0 Å². The van der Waals surface area contributed by atoms with Gasteiger partial charge in [0.1, 0.15) is 11.5 Å². The molecule has 2 heterocycles. The number of benzene rings is 3. The molecule has 0 N–H and O–H groups in total. The van der Waals surface area contributed by atoms with Crippen LogP contribution in [0.5, 0.6) is 11.5 Å². The Balaban J connectivity index is 1.83. The standard InChI is InChI=1S/C24H19NO/c1-24(2)19-11-5-6-12-20(19)26-21-13-7-10-18(22(21)24)23-17-9-4-3-8-16(17)14-15-25-23/h3-15H,1-2H3. The quantitative estimate of drug-likeness (QED) is 0.405. The van der Waals surface area contributed by atoms with Crippen molar-refractivity contribution in [2.24, 2.45) is 0 Å². The summed E-state index contributed by atoms with van der Waals surface area (Å²) >= 11 is 0. The molecule has 1 aromatic heterocycles. The number of aromatic nitrogens is 1. The largest absolute Gasteiger partial charge is 0.457 e. The highest BCUT2D eigenvalue weighted by molar-refractivity contribution is 5.96. The third kappa shape index (κ3) is 2.08. The maximum absolute atomic E-state index is 6.26. The van der Waals surface area contributed by atoms with Crippen molar-refractivity contribution >= 4 is 10.8 Å². The van der Waals surface area contributed by atoms with Gasteiger partial charge in [0.15, 0.2) is 0 Å². The van der Waals surface area contributed by atoms with Gasteiger partial charge in [-0.15, -0.1) is 0 Å². The van der Waals surface area contributed by atoms with Gasteiger partial charge < -0.3 is 4.74 Å². The number of fused-ring (bicyclic) bond motifs is 3. The lowest BCUT2D eigenvalue weighted by Gasteiger charge is -2.36. The molecule has 0 saturated carbocycles. The molecule has 0 spiro atoms. The topological polar surface area (TPSA) is 22.1 Å². The number of rotatable bonds is 1. The smallest absolute Gasteiger partial charge is 0.132 e. The molecule has 26 heavy (non-hydrogen) atoms. The van der Waals surface area contributed by atoms with E-state index in [0.717, 1.165) is 28.1 Å². The predicted molar refractivity (Wildman–Crippen MR) is 106 cm³/mol. The summed E-state index contributed by atoms with van der Waals surface area (Å²) in [5.41, 5.74) is 4.39. The van der Waals surface area contributed by atoms with Crippen LogP contribution in [0.4, 0.5) is 0 Å². The van der Waals surface area contributed by atoms with Crippen LogP contribution >= 0.6 is 0 Å². The summed E-state index contributed by atoms with van der Waals surface area (Å²) in [6.07, 6.45) is 1.89. The van der Waals surface area contributed by atoms with E-state index >= 15 is 0 Å². The van der Waals surface area contributed by atoms with Crippen molar-refractivity contribution in [3.05, 3.63) is 90.1 Å². The Morgan fingerprint density at radius 1 is 0.769 bits per heavy atom. The third-order valence-electron chi connectivity index (χ3n) is 5.36. The lowest BCUT2D eigenvalue weighted by atomic mass is 9.73. The lowest BCUT2D eigenvalue weighted by Crippen LogP contribution is -2.25. The second-order valence-electron chi connectivity index (χ2n) is 7.28. The summed E-state index contributed by atoms with van der Waals surface area (Å²) < 4.78 is 6.26. The fourth-order valence-corrected chi connectivity index (χ4v) is 4.12.